The summed E-state index contributed by atoms with van der Waals surface area (Å²) in [6.45, 7) is 0.475. The van der Waals surface area contributed by atoms with Crippen LogP contribution in [0.5, 0.6) is 5.75 Å². The number of benzene rings is 2. The summed E-state index contributed by atoms with van der Waals surface area (Å²) >= 11 is 0. The maximum Gasteiger partial charge on any atom is 0.299 e. The third-order valence-electron chi connectivity index (χ3n) is 2.43. The smallest absolute Gasteiger partial charge is 0.299 e. The van der Waals surface area contributed by atoms with Crippen molar-refractivity contribution in [3.63, 3.8) is 0 Å². The fourth-order valence-electron chi connectivity index (χ4n) is 1.51. The average molecular weight is 258 g/mol. The van der Waals surface area contributed by atoms with Crippen LogP contribution >= 0.6 is 0 Å². The second-order valence-corrected chi connectivity index (χ2v) is 3.87. The molecule has 2 aromatic carbocycles. The molecule has 0 atom stereocenters. The molecule has 19 heavy (non-hydrogen) atoms. The molecule has 0 saturated carbocycles. The molecule has 0 saturated heterocycles. The van der Waals surface area contributed by atoms with Crippen molar-refractivity contribution in [1.82, 2.24) is 0 Å². The fourth-order valence-corrected chi connectivity index (χ4v) is 1.51. The molecule has 0 spiro atoms. The minimum absolute atomic E-state index is 0.475. The van der Waals surface area contributed by atoms with Crippen LogP contribution in [0.4, 0.5) is 8.78 Å². The molecule has 0 heterocycles. The van der Waals surface area contributed by atoms with Crippen molar-refractivity contribution in [1.29, 1.82) is 0 Å². The molecule has 0 aromatic heterocycles. The Hall–Kier alpha value is -2.34. The summed E-state index contributed by atoms with van der Waals surface area (Å²) in [5.41, 5.74) is 1.62. The standard InChI is InChI=1S/C16H12F2O/c17-16(18)11-8-13-6-9-15(10-7-13)19-12-14-4-2-1-3-5-14/h1-7,9-10,16H,12H2. The first-order valence-corrected chi connectivity index (χ1v) is 5.80. The maximum absolute atomic E-state index is 11.9. The molecule has 0 aliphatic heterocycles. The minimum atomic E-state index is -2.60. The monoisotopic (exact) mass is 258 g/mol. The third kappa shape index (κ3) is 4.44. The third-order valence-corrected chi connectivity index (χ3v) is 2.43. The Bertz CT molecular complexity index is 565. The Kier molecular flexibility index (Phi) is 4.52. The molecule has 0 bridgehead atoms. The van der Waals surface area contributed by atoms with E-state index in [1.807, 2.05) is 36.3 Å². The number of halogens is 2. The van der Waals surface area contributed by atoms with Gasteiger partial charge >= 0.3 is 0 Å². The van der Waals surface area contributed by atoms with Gasteiger partial charge in [0.15, 0.2) is 0 Å². The number of alkyl halides is 2. The van der Waals surface area contributed by atoms with Crippen molar-refractivity contribution in [2.75, 3.05) is 0 Å². The molecule has 2 rings (SSSR count). The molecule has 0 fully saturated rings. The Morgan fingerprint density at radius 1 is 0.947 bits per heavy atom. The van der Waals surface area contributed by atoms with Gasteiger partial charge in [-0.2, -0.15) is 8.78 Å². The van der Waals surface area contributed by atoms with Crippen molar-refractivity contribution < 1.29 is 13.5 Å². The first-order chi connectivity index (χ1) is 9.24. The first-order valence-electron chi connectivity index (χ1n) is 5.80. The van der Waals surface area contributed by atoms with Gasteiger partial charge in [-0.15, -0.1) is 0 Å². The van der Waals surface area contributed by atoms with Crippen LogP contribution in [0, 0.1) is 11.8 Å². The van der Waals surface area contributed by atoms with E-state index in [0.717, 1.165) is 5.56 Å². The van der Waals surface area contributed by atoms with E-state index in [0.29, 0.717) is 17.9 Å². The van der Waals surface area contributed by atoms with Gasteiger partial charge in [0.05, 0.1) is 0 Å². The summed E-state index contributed by atoms with van der Waals surface area (Å²) < 4.78 is 29.4. The predicted molar refractivity (Wildman–Crippen MR) is 70.1 cm³/mol. The summed E-state index contributed by atoms with van der Waals surface area (Å²) in [5, 5.41) is 0. The van der Waals surface area contributed by atoms with Gasteiger partial charge in [-0.05, 0) is 35.7 Å². The molecule has 0 aliphatic rings. The normalized spacial score (nSPS) is 9.84. The van der Waals surface area contributed by atoms with E-state index in [-0.39, 0.29) is 0 Å². The van der Waals surface area contributed by atoms with Crippen molar-refractivity contribution in [2.24, 2.45) is 0 Å². The van der Waals surface area contributed by atoms with Crippen LogP contribution < -0.4 is 4.74 Å². The van der Waals surface area contributed by atoms with E-state index < -0.39 is 6.43 Å². The van der Waals surface area contributed by atoms with E-state index >= 15 is 0 Å². The second-order valence-electron chi connectivity index (χ2n) is 3.87. The average Bonchev–Trinajstić information content (AvgIpc) is 2.45. The van der Waals surface area contributed by atoms with Crippen LogP contribution in [0.2, 0.25) is 0 Å². The Labute approximate surface area is 110 Å². The first kappa shape index (κ1) is 13.1. The molecular weight excluding hydrogens is 246 g/mol. The number of hydrogen-bond donors (Lipinski definition) is 0. The largest absolute Gasteiger partial charge is 0.489 e. The van der Waals surface area contributed by atoms with E-state index in [4.69, 9.17) is 4.74 Å². The van der Waals surface area contributed by atoms with Crippen LogP contribution in [-0.2, 0) is 6.61 Å². The van der Waals surface area contributed by atoms with Crippen LogP contribution in [0.1, 0.15) is 11.1 Å². The zero-order valence-corrected chi connectivity index (χ0v) is 10.1. The Balaban J connectivity index is 1.94. The highest BCUT2D eigenvalue weighted by Crippen LogP contribution is 2.13. The molecule has 0 unspecified atom stereocenters. The molecule has 0 amide bonds. The van der Waals surface area contributed by atoms with Crippen LogP contribution in [0.3, 0.4) is 0 Å². The summed E-state index contributed by atoms with van der Waals surface area (Å²) in [4.78, 5) is 0. The van der Waals surface area contributed by atoms with Gasteiger partial charge in [-0.1, -0.05) is 36.3 Å². The lowest BCUT2D eigenvalue weighted by Gasteiger charge is -2.05. The van der Waals surface area contributed by atoms with Gasteiger partial charge in [0.2, 0.25) is 0 Å². The topological polar surface area (TPSA) is 9.23 Å². The van der Waals surface area contributed by atoms with Gasteiger partial charge in [0, 0.05) is 5.56 Å². The van der Waals surface area contributed by atoms with Crippen molar-refractivity contribution in [3.05, 3.63) is 65.7 Å². The molecule has 1 nitrogen and oxygen atoms in total. The Morgan fingerprint density at radius 2 is 1.63 bits per heavy atom. The van der Waals surface area contributed by atoms with Crippen molar-refractivity contribution in [3.8, 4) is 17.6 Å². The van der Waals surface area contributed by atoms with Gasteiger partial charge in [0.25, 0.3) is 6.43 Å². The summed E-state index contributed by atoms with van der Waals surface area (Å²) in [6.07, 6.45) is -2.60. The lowest BCUT2D eigenvalue weighted by Crippen LogP contribution is -1.94. The number of rotatable bonds is 3. The molecular formula is C16H12F2O. The van der Waals surface area contributed by atoms with E-state index in [1.165, 1.54) is 0 Å². The van der Waals surface area contributed by atoms with Crippen molar-refractivity contribution >= 4 is 0 Å². The lowest BCUT2D eigenvalue weighted by atomic mass is 10.2. The maximum atomic E-state index is 11.9. The summed E-state index contributed by atoms with van der Waals surface area (Å²) in [5.74, 6) is 4.89. The van der Waals surface area contributed by atoms with Crippen molar-refractivity contribution in [2.45, 2.75) is 13.0 Å². The summed E-state index contributed by atoms with van der Waals surface area (Å²) in [6, 6.07) is 16.6. The quantitative estimate of drug-likeness (QED) is 0.759. The molecule has 3 heteroatoms. The molecule has 0 N–H and O–H groups in total. The minimum Gasteiger partial charge on any atom is -0.489 e. The van der Waals surface area contributed by atoms with Crippen LogP contribution in [0.25, 0.3) is 0 Å². The highest BCUT2D eigenvalue weighted by molar-refractivity contribution is 5.38. The highest BCUT2D eigenvalue weighted by atomic mass is 19.3. The number of hydrogen-bond acceptors (Lipinski definition) is 1. The highest BCUT2D eigenvalue weighted by Gasteiger charge is 1.96. The van der Waals surface area contributed by atoms with Crippen LogP contribution in [0.15, 0.2) is 54.6 Å². The Morgan fingerprint density at radius 3 is 2.26 bits per heavy atom. The van der Waals surface area contributed by atoms with Gasteiger partial charge < -0.3 is 4.74 Å². The fraction of sp³-hybridized carbons (Fsp3) is 0.125. The van der Waals surface area contributed by atoms with E-state index in [9.17, 15) is 8.78 Å². The zero-order valence-electron chi connectivity index (χ0n) is 10.1. The summed E-state index contributed by atoms with van der Waals surface area (Å²) in [7, 11) is 0. The van der Waals surface area contributed by atoms with E-state index in [2.05, 4.69) is 5.92 Å². The molecule has 0 aliphatic carbocycles. The van der Waals surface area contributed by atoms with Crippen LogP contribution in [-0.4, -0.2) is 6.43 Å². The SMILES string of the molecule is FC(F)C#Cc1ccc(OCc2ccccc2)cc1. The van der Waals surface area contributed by atoms with E-state index in [1.54, 1.807) is 24.3 Å². The number of ether oxygens (including phenoxy) is 1. The van der Waals surface area contributed by atoms with Gasteiger partial charge in [-0.3, -0.25) is 0 Å². The van der Waals surface area contributed by atoms with Gasteiger partial charge in [0.1, 0.15) is 12.4 Å². The van der Waals surface area contributed by atoms with Gasteiger partial charge in [-0.25, -0.2) is 0 Å². The lowest BCUT2D eigenvalue weighted by molar-refractivity contribution is 0.215. The second kappa shape index (κ2) is 6.55. The molecule has 2 aromatic rings. The molecule has 0 radical (unpaired) electrons. The predicted octanol–water partition coefficient (Wildman–Crippen LogP) is 3.88. The molecule has 96 valence electrons. The zero-order chi connectivity index (χ0) is 13.5.